The van der Waals surface area contributed by atoms with Gasteiger partial charge in [-0.3, -0.25) is 4.79 Å². The van der Waals surface area contributed by atoms with Crippen LogP contribution in [0.5, 0.6) is 0 Å². The van der Waals surface area contributed by atoms with Gasteiger partial charge in [-0.2, -0.15) is 0 Å². The zero-order chi connectivity index (χ0) is 14.8. The Balaban J connectivity index is 1.85. The van der Waals surface area contributed by atoms with Crippen LogP contribution in [0, 0.1) is 12.7 Å². The van der Waals surface area contributed by atoms with Gasteiger partial charge in [-0.25, -0.2) is 9.37 Å². The van der Waals surface area contributed by atoms with Crippen LogP contribution in [-0.4, -0.2) is 9.97 Å². The number of hydrogen-bond acceptors (Lipinski definition) is 3. The van der Waals surface area contributed by atoms with E-state index >= 15 is 0 Å². The SMILES string of the molecule is Cc1cc(NCc2nc3ccccc3c(=O)[nH]2)ccc1F. The van der Waals surface area contributed by atoms with E-state index in [2.05, 4.69) is 15.3 Å². The van der Waals surface area contributed by atoms with Gasteiger partial charge in [0, 0.05) is 5.69 Å². The lowest BCUT2D eigenvalue weighted by atomic mass is 10.2. The Labute approximate surface area is 120 Å². The molecular formula is C16H14FN3O. The second kappa shape index (κ2) is 5.36. The second-order valence-electron chi connectivity index (χ2n) is 4.85. The van der Waals surface area contributed by atoms with Crippen molar-refractivity contribution in [3.63, 3.8) is 0 Å². The molecule has 0 unspecified atom stereocenters. The molecule has 0 fully saturated rings. The van der Waals surface area contributed by atoms with Crippen LogP contribution in [0.15, 0.2) is 47.3 Å². The molecule has 21 heavy (non-hydrogen) atoms. The maximum atomic E-state index is 13.2. The molecule has 0 saturated carbocycles. The lowest BCUT2D eigenvalue weighted by Crippen LogP contribution is -2.14. The summed E-state index contributed by atoms with van der Waals surface area (Å²) in [5, 5.41) is 3.69. The Morgan fingerprint density at radius 2 is 2.05 bits per heavy atom. The number of fused-ring (bicyclic) bond motifs is 1. The summed E-state index contributed by atoms with van der Waals surface area (Å²) < 4.78 is 13.2. The van der Waals surface area contributed by atoms with Crippen LogP contribution >= 0.6 is 0 Å². The number of H-pyrrole nitrogens is 1. The molecule has 3 rings (SSSR count). The van der Waals surface area contributed by atoms with E-state index in [0.717, 1.165) is 5.69 Å². The predicted molar refractivity (Wildman–Crippen MR) is 80.8 cm³/mol. The number of aromatic amines is 1. The third-order valence-corrected chi connectivity index (χ3v) is 3.28. The van der Waals surface area contributed by atoms with Gasteiger partial charge in [-0.05, 0) is 42.8 Å². The van der Waals surface area contributed by atoms with E-state index in [1.54, 1.807) is 37.3 Å². The summed E-state index contributed by atoms with van der Waals surface area (Å²) in [5.74, 6) is 0.304. The molecule has 0 aliphatic heterocycles. The Morgan fingerprint density at radius 1 is 1.24 bits per heavy atom. The number of anilines is 1. The Bertz CT molecular complexity index is 858. The third-order valence-electron chi connectivity index (χ3n) is 3.28. The first-order valence-electron chi connectivity index (χ1n) is 6.61. The number of benzene rings is 2. The number of aryl methyl sites for hydroxylation is 1. The van der Waals surface area contributed by atoms with Crippen molar-refractivity contribution in [2.24, 2.45) is 0 Å². The van der Waals surface area contributed by atoms with Gasteiger partial charge in [0.15, 0.2) is 0 Å². The van der Waals surface area contributed by atoms with Gasteiger partial charge in [0.25, 0.3) is 5.56 Å². The molecule has 2 N–H and O–H groups in total. The molecule has 1 aromatic heterocycles. The van der Waals surface area contributed by atoms with E-state index < -0.39 is 0 Å². The highest BCUT2D eigenvalue weighted by Crippen LogP contribution is 2.14. The van der Waals surface area contributed by atoms with Gasteiger partial charge >= 0.3 is 0 Å². The monoisotopic (exact) mass is 283 g/mol. The van der Waals surface area contributed by atoms with Gasteiger partial charge in [-0.1, -0.05) is 12.1 Å². The average molecular weight is 283 g/mol. The topological polar surface area (TPSA) is 57.8 Å². The van der Waals surface area contributed by atoms with Crippen molar-refractivity contribution in [1.29, 1.82) is 0 Å². The molecule has 5 heteroatoms. The molecule has 0 saturated heterocycles. The lowest BCUT2D eigenvalue weighted by molar-refractivity contribution is 0.618. The molecule has 0 atom stereocenters. The number of nitrogens with one attached hydrogen (secondary N) is 2. The highest BCUT2D eigenvalue weighted by molar-refractivity contribution is 5.77. The maximum absolute atomic E-state index is 13.2. The zero-order valence-electron chi connectivity index (χ0n) is 11.5. The van der Waals surface area contributed by atoms with Gasteiger partial charge in [0.1, 0.15) is 11.6 Å². The summed E-state index contributed by atoms with van der Waals surface area (Å²) in [6.07, 6.45) is 0. The molecule has 0 spiro atoms. The van der Waals surface area contributed by atoms with Crippen LogP contribution in [0.2, 0.25) is 0 Å². The third kappa shape index (κ3) is 2.76. The van der Waals surface area contributed by atoms with Crippen molar-refractivity contribution in [1.82, 2.24) is 9.97 Å². The zero-order valence-corrected chi connectivity index (χ0v) is 11.5. The molecule has 1 heterocycles. The normalized spacial score (nSPS) is 10.8. The first kappa shape index (κ1) is 13.3. The highest BCUT2D eigenvalue weighted by atomic mass is 19.1. The summed E-state index contributed by atoms with van der Waals surface area (Å²) in [5.41, 5.74) is 1.85. The summed E-state index contributed by atoms with van der Waals surface area (Å²) in [6.45, 7) is 2.07. The Morgan fingerprint density at radius 3 is 2.86 bits per heavy atom. The minimum atomic E-state index is -0.238. The summed E-state index contributed by atoms with van der Waals surface area (Å²) in [4.78, 5) is 19.1. The minimum absolute atomic E-state index is 0.160. The molecule has 2 aromatic carbocycles. The van der Waals surface area contributed by atoms with Crippen molar-refractivity contribution in [2.75, 3.05) is 5.32 Å². The molecule has 0 amide bonds. The van der Waals surface area contributed by atoms with Crippen LogP contribution in [0.3, 0.4) is 0 Å². The van der Waals surface area contributed by atoms with Crippen molar-refractivity contribution < 1.29 is 4.39 Å². The van der Waals surface area contributed by atoms with Gasteiger partial charge < -0.3 is 10.3 Å². The molecule has 0 bridgehead atoms. The standard InChI is InChI=1S/C16H14FN3O/c1-10-8-11(6-7-13(10)17)18-9-15-19-14-5-3-2-4-12(14)16(21)20-15/h2-8,18H,9H2,1H3,(H,19,20,21). The second-order valence-corrected chi connectivity index (χ2v) is 4.85. The van der Waals surface area contributed by atoms with Crippen molar-refractivity contribution in [3.05, 3.63) is 70.0 Å². The van der Waals surface area contributed by atoms with Crippen LogP contribution in [0.4, 0.5) is 10.1 Å². The van der Waals surface area contributed by atoms with Crippen molar-refractivity contribution >= 4 is 16.6 Å². The fraction of sp³-hybridized carbons (Fsp3) is 0.125. The van der Waals surface area contributed by atoms with E-state index in [0.29, 0.717) is 28.8 Å². The quantitative estimate of drug-likeness (QED) is 0.777. The van der Waals surface area contributed by atoms with Crippen LogP contribution in [0.25, 0.3) is 10.9 Å². The molecule has 0 aliphatic carbocycles. The largest absolute Gasteiger partial charge is 0.378 e. The number of rotatable bonds is 3. The number of nitrogens with zero attached hydrogens (tertiary/aromatic N) is 1. The smallest absolute Gasteiger partial charge is 0.258 e. The maximum Gasteiger partial charge on any atom is 0.258 e. The van der Waals surface area contributed by atoms with E-state index in [4.69, 9.17) is 0 Å². The first-order valence-corrected chi connectivity index (χ1v) is 6.61. The number of aromatic nitrogens is 2. The molecule has 0 radical (unpaired) electrons. The molecule has 4 nitrogen and oxygen atoms in total. The Kier molecular flexibility index (Phi) is 3.39. The summed E-state index contributed by atoms with van der Waals surface area (Å²) in [7, 11) is 0. The van der Waals surface area contributed by atoms with Crippen molar-refractivity contribution in [2.45, 2.75) is 13.5 Å². The molecule has 3 aromatic rings. The molecular weight excluding hydrogens is 269 g/mol. The van der Waals surface area contributed by atoms with E-state index in [1.165, 1.54) is 6.07 Å². The van der Waals surface area contributed by atoms with E-state index in [-0.39, 0.29) is 11.4 Å². The first-order chi connectivity index (χ1) is 10.1. The fourth-order valence-electron chi connectivity index (χ4n) is 2.16. The highest BCUT2D eigenvalue weighted by Gasteiger charge is 2.04. The lowest BCUT2D eigenvalue weighted by Gasteiger charge is -2.08. The Hall–Kier alpha value is -2.69. The van der Waals surface area contributed by atoms with Crippen LogP contribution < -0.4 is 10.9 Å². The number of hydrogen-bond donors (Lipinski definition) is 2. The average Bonchev–Trinajstić information content (AvgIpc) is 2.49. The van der Waals surface area contributed by atoms with Crippen LogP contribution in [-0.2, 0) is 6.54 Å². The van der Waals surface area contributed by atoms with E-state index in [9.17, 15) is 9.18 Å². The fourth-order valence-corrected chi connectivity index (χ4v) is 2.16. The number of para-hydroxylation sites is 1. The predicted octanol–water partition coefficient (Wildman–Crippen LogP) is 2.98. The van der Waals surface area contributed by atoms with Gasteiger partial charge in [0.05, 0.1) is 17.4 Å². The summed E-state index contributed by atoms with van der Waals surface area (Å²) in [6, 6.07) is 12.0. The molecule has 0 aliphatic rings. The minimum Gasteiger partial charge on any atom is -0.378 e. The number of halogens is 1. The van der Waals surface area contributed by atoms with Gasteiger partial charge in [-0.15, -0.1) is 0 Å². The van der Waals surface area contributed by atoms with Gasteiger partial charge in [0.2, 0.25) is 0 Å². The molecule has 106 valence electrons. The van der Waals surface area contributed by atoms with Crippen molar-refractivity contribution in [3.8, 4) is 0 Å². The van der Waals surface area contributed by atoms with Crippen LogP contribution in [0.1, 0.15) is 11.4 Å². The summed E-state index contributed by atoms with van der Waals surface area (Å²) >= 11 is 0. The van der Waals surface area contributed by atoms with E-state index in [1.807, 2.05) is 6.07 Å².